The van der Waals surface area contributed by atoms with Crippen LogP contribution in [0.1, 0.15) is 36.0 Å². The zero-order valence-corrected chi connectivity index (χ0v) is 12.3. The van der Waals surface area contributed by atoms with Crippen LogP contribution in [0, 0.1) is 11.7 Å². The minimum atomic E-state index is -0.564. The highest BCUT2D eigenvalue weighted by atomic mass is 35.5. The van der Waals surface area contributed by atoms with E-state index in [0.717, 1.165) is 25.7 Å². The van der Waals surface area contributed by atoms with E-state index in [1.165, 1.54) is 19.2 Å². The van der Waals surface area contributed by atoms with Gasteiger partial charge in [-0.25, -0.2) is 4.39 Å². The normalized spacial score (nSPS) is 22.4. The number of halogens is 2. The number of methoxy groups -OCH3 is 1. The number of nitrogens with one attached hydrogen (secondary N) is 1. The Morgan fingerprint density at radius 1 is 1.40 bits per heavy atom. The van der Waals surface area contributed by atoms with E-state index in [4.69, 9.17) is 16.3 Å². The molecule has 0 unspecified atom stereocenters. The van der Waals surface area contributed by atoms with Crippen LogP contribution in [0.4, 0.5) is 4.39 Å². The molecule has 1 aliphatic rings. The van der Waals surface area contributed by atoms with E-state index in [9.17, 15) is 9.18 Å². The van der Waals surface area contributed by atoms with Crippen LogP contribution in [0.5, 0.6) is 5.75 Å². The lowest BCUT2D eigenvalue weighted by Gasteiger charge is -2.25. The van der Waals surface area contributed by atoms with Crippen LogP contribution < -0.4 is 10.1 Å². The monoisotopic (exact) mass is 299 g/mol. The molecule has 0 saturated heterocycles. The third-order valence-electron chi connectivity index (χ3n) is 3.75. The maximum atomic E-state index is 13.7. The fourth-order valence-corrected chi connectivity index (χ4v) is 2.80. The molecule has 5 heteroatoms. The summed E-state index contributed by atoms with van der Waals surface area (Å²) >= 11 is 6.05. The first-order valence-corrected chi connectivity index (χ1v) is 7.30. The van der Waals surface area contributed by atoms with Crippen molar-refractivity contribution in [1.29, 1.82) is 0 Å². The Bertz CT molecular complexity index is 473. The molecular weight excluding hydrogens is 281 g/mol. The standard InChI is InChI=1S/C15H19ClFNO2/c1-20-13-4-2-3-12(17)14(13)15(19)18-9-10-5-7-11(16)8-6-10/h2-4,10-11H,5-9H2,1H3,(H,18,19). The zero-order valence-electron chi connectivity index (χ0n) is 11.5. The molecule has 1 aromatic carbocycles. The molecule has 0 aromatic heterocycles. The van der Waals surface area contributed by atoms with Crippen LogP contribution in [0.25, 0.3) is 0 Å². The van der Waals surface area contributed by atoms with Gasteiger partial charge in [0, 0.05) is 11.9 Å². The minimum absolute atomic E-state index is 0.0268. The van der Waals surface area contributed by atoms with Crippen molar-refractivity contribution in [2.45, 2.75) is 31.1 Å². The molecule has 0 heterocycles. The summed E-state index contributed by atoms with van der Waals surface area (Å²) in [6, 6.07) is 4.36. The van der Waals surface area contributed by atoms with Crippen LogP contribution in [0.3, 0.4) is 0 Å². The molecule has 1 N–H and O–H groups in total. The predicted octanol–water partition coefficient (Wildman–Crippen LogP) is 3.36. The summed E-state index contributed by atoms with van der Waals surface area (Å²) in [4.78, 5) is 12.1. The number of carbonyl (C=O) groups is 1. The second-order valence-electron chi connectivity index (χ2n) is 5.15. The number of alkyl halides is 1. The lowest BCUT2D eigenvalue weighted by molar-refractivity contribution is 0.0936. The Morgan fingerprint density at radius 2 is 2.10 bits per heavy atom. The molecule has 0 spiro atoms. The van der Waals surface area contributed by atoms with Crippen molar-refractivity contribution in [3.8, 4) is 5.75 Å². The Labute approximate surface area is 123 Å². The minimum Gasteiger partial charge on any atom is -0.496 e. The van der Waals surface area contributed by atoms with E-state index in [1.807, 2.05) is 0 Å². The number of hydrogen-bond donors (Lipinski definition) is 1. The van der Waals surface area contributed by atoms with Gasteiger partial charge in [0.15, 0.2) is 0 Å². The highest BCUT2D eigenvalue weighted by Gasteiger charge is 2.22. The van der Waals surface area contributed by atoms with Gasteiger partial charge in [-0.05, 0) is 43.7 Å². The summed E-state index contributed by atoms with van der Waals surface area (Å²) in [6.07, 6.45) is 3.96. The largest absolute Gasteiger partial charge is 0.496 e. The quantitative estimate of drug-likeness (QED) is 0.866. The molecule has 0 bridgehead atoms. The fourth-order valence-electron chi connectivity index (χ4n) is 2.55. The molecule has 3 nitrogen and oxygen atoms in total. The average molecular weight is 300 g/mol. The van der Waals surface area contributed by atoms with E-state index >= 15 is 0 Å². The first-order chi connectivity index (χ1) is 9.61. The smallest absolute Gasteiger partial charge is 0.258 e. The highest BCUT2D eigenvalue weighted by Crippen LogP contribution is 2.27. The van der Waals surface area contributed by atoms with E-state index in [1.54, 1.807) is 6.07 Å². The topological polar surface area (TPSA) is 38.3 Å². The number of ether oxygens (including phenoxy) is 1. The van der Waals surface area contributed by atoms with Gasteiger partial charge in [-0.1, -0.05) is 6.07 Å². The van der Waals surface area contributed by atoms with Gasteiger partial charge in [0.2, 0.25) is 0 Å². The Morgan fingerprint density at radius 3 is 2.75 bits per heavy atom. The molecule has 1 fully saturated rings. The number of carbonyl (C=O) groups excluding carboxylic acids is 1. The molecule has 0 atom stereocenters. The average Bonchev–Trinajstić information content (AvgIpc) is 2.46. The second kappa shape index (κ2) is 6.93. The molecule has 2 rings (SSSR count). The first kappa shape index (κ1) is 15.1. The lowest BCUT2D eigenvalue weighted by atomic mass is 9.89. The highest BCUT2D eigenvalue weighted by molar-refractivity contribution is 6.20. The van der Waals surface area contributed by atoms with Crippen molar-refractivity contribution in [1.82, 2.24) is 5.32 Å². The van der Waals surface area contributed by atoms with E-state index < -0.39 is 11.7 Å². The number of hydrogen-bond acceptors (Lipinski definition) is 2. The van der Waals surface area contributed by atoms with E-state index in [-0.39, 0.29) is 16.7 Å². The van der Waals surface area contributed by atoms with E-state index in [2.05, 4.69) is 5.32 Å². The number of amides is 1. The maximum absolute atomic E-state index is 13.7. The van der Waals surface area contributed by atoms with Crippen LogP contribution in [-0.2, 0) is 0 Å². The van der Waals surface area contributed by atoms with Gasteiger partial charge in [-0.15, -0.1) is 11.6 Å². The van der Waals surface area contributed by atoms with Crippen LogP contribution >= 0.6 is 11.6 Å². The van der Waals surface area contributed by atoms with Crippen LogP contribution in [0.15, 0.2) is 18.2 Å². The van der Waals surface area contributed by atoms with Crippen molar-refractivity contribution in [3.05, 3.63) is 29.6 Å². The first-order valence-electron chi connectivity index (χ1n) is 6.86. The molecular formula is C15H19ClFNO2. The Balaban J connectivity index is 1.95. The van der Waals surface area contributed by atoms with Crippen LogP contribution in [0.2, 0.25) is 0 Å². The summed E-state index contributed by atoms with van der Waals surface area (Å²) in [7, 11) is 1.42. The van der Waals surface area contributed by atoms with Crippen molar-refractivity contribution >= 4 is 17.5 Å². The molecule has 0 aliphatic heterocycles. The zero-order chi connectivity index (χ0) is 14.5. The second-order valence-corrected chi connectivity index (χ2v) is 5.76. The summed E-state index contributed by atoms with van der Waals surface area (Å²) < 4.78 is 18.8. The SMILES string of the molecule is COc1cccc(F)c1C(=O)NCC1CCC(Cl)CC1. The third kappa shape index (κ3) is 3.63. The summed E-state index contributed by atoms with van der Waals surface area (Å²) in [5.74, 6) is -0.307. The van der Waals surface area contributed by atoms with Crippen molar-refractivity contribution in [3.63, 3.8) is 0 Å². The molecule has 110 valence electrons. The predicted molar refractivity (Wildman–Crippen MR) is 76.9 cm³/mol. The summed E-state index contributed by atoms with van der Waals surface area (Å²) in [6.45, 7) is 0.555. The van der Waals surface area contributed by atoms with Gasteiger partial charge >= 0.3 is 0 Å². The summed E-state index contributed by atoms with van der Waals surface area (Å²) in [5.41, 5.74) is -0.0268. The molecule has 1 aromatic rings. The Kier molecular flexibility index (Phi) is 5.24. The third-order valence-corrected chi connectivity index (χ3v) is 4.19. The van der Waals surface area contributed by atoms with Crippen molar-refractivity contribution in [2.75, 3.05) is 13.7 Å². The molecule has 1 amide bonds. The van der Waals surface area contributed by atoms with Gasteiger partial charge in [0.05, 0.1) is 7.11 Å². The van der Waals surface area contributed by atoms with Crippen molar-refractivity contribution < 1.29 is 13.9 Å². The number of rotatable bonds is 4. The summed E-state index contributed by atoms with van der Waals surface area (Å²) in [5, 5.41) is 3.06. The lowest BCUT2D eigenvalue weighted by Crippen LogP contribution is -2.32. The molecule has 0 radical (unpaired) electrons. The fraction of sp³-hybridized carbons (Fsp3) is 0.533. The molecule has 1 saturated carbocycles. The Hall–Kier alpha value is -1.29. The van der Waals surface area contributed by atoms with Crippen LogP contribution in [-0.4, -0.2) is 24.9 Å². The maximum Gasteiger partial charge on any atom is 0.258 e. The van der Waals surface area contributed by atoms with Gasteiger partial charge in [-0.2, -0.15) is 0 Å². The van der Waals surface area contributed by atoms with E-state index in [0.29, 0.717) is 12.5 Å². The van der Waals surface area contributed by atoms with Crippen molar-refractivity contribution in [2.24, 2.45) is 5.92 Å². The molecule has 1 aliphatic carbocycles. The van der Waals surface area contributed by atoms with Gasteiger partial charge < -0.3 is 10.1 Å². The van der Waals surface area contributed by atoms with Gasteiger partial charge in [-0.3, -0.25) is 4.79 Å². The van der Waals surface area contributed by atoms with Gasteiger partial charge in [0.25, 0.3) is 5.91 Å². The molecule has 20 heavy (non-hydrogen) atoms. The number of benzene rings is 1. The van der Waals surface area contributed by atoms with Gasteiger partial charge in [0.1, 0.15) is 17.1 Å².